The number of ether oxygens (including phenoxy) is 1. The lowest BCUT2D eigenvalue weighted by Crippen LogP contribution is -2.30. The van der Waals surface area contributed by atoms with E-state index in [1.165, 1.54) is 0 Å². The summed E-state index contributed by atoms with van der Waals surface area (Å²) in [5.74, 6) is 0.920. The highest BCUT2D eigenvalue weighted by Gasteiger charge is 2.28. The molecule has 0 amide bonds. The van der Waals surface area contributed by atoms with Crippen LogP contribution in [0.3, 0.4) is 0 Å². The third-order valence-electron chi connectivity index (χ3n) is 2.73. The standard InChI is InChI=1S/C16H23ClO2/c1-11(2)19-13-8-6-12(7-9-13)10-14(17)15(18)16(3,4)5/h6-9,11,14H,10H2,1-5H3. The minimum Gasteiger partial charge on any atom is -0.491 e. The molecule has 0 fully saturated rings. The Hall–Kier alpha value is -1.02. The van der Waals surface area contributed by atoms with E-state index >= 15 is 0 Å². The van der Waals surface area contributed by atoms with E-state index in [1.54, 1.807) is 0 Å². The van der Waals surface area contributed by atoms with Crippen molar-refractivity contribution < 1.29 is 9.53 Å². The van der Waals surface area contributed by atoms with Gasteiger partial charge in [-0.3, -0.25) is 4.79 Å². The molecule has 3 heteroatoms. The third-order valence-corrected chi connectivity index (χ3v) is 3.09. The van der Waals surface area contributed by atoms with Crippen LogP contribution in [0.2, 0.25) is 0 Å². The highest BCUT2D eigenvalue weighted by atomic mass is 35.5. The van der Waals surface area contributed by atoms with Gasteiger partial charge in [-0.25, -0.2) is 0 Å². The van der Waals surface area contributed by atoms with Gasteiger partial charge in [-0.1, -0.05) is 32.9 Å². The first-order valence-corrected chi connectivity index (χ1v) is 7.08. The Kier molecular flexibility index (Phi) is 5.42. The van der Waals surface area contributed by atoms with Gasteiger partial charge in [0.25, 0.3) is 0 Å². The fraction of sp³-hybridized carbons (Fsp3) is 0.562. The molecule has 0 bridgehead atoms. The summed E-state index contributed by atoms with van der Waals surface area (Å²) in [6.45, 7) is 9.66. The van der Waals surface area contributed by atoms with Gasteiger partial charge in [0.15, 0.2) is 5.78 Å². The zero-order valence-electron chi connectivity index (χ0n) is 12.4. The van der Waals surface area contributed by atoms with Crippen molar-refractivity contribution in [3.8, 4) is 5.75 Å². The van der Waals surface area contributed by atoms with Crippen molar-refractivity contribution in [3.63, 3.8) is 0 Å². The van der Waals surface area contributed by atoms with Crippen LogP contribution >= 0.6 is 11.6 Å². The van der Waals surface area contributed by atoms with Crippen LogP contribution in [0.1, 0.15) is 40.2 Å². The number of benzene rings is 1. The number of hydrogen-bond donors (Lipinski definition) is 0. The smallest absolute Gasteiger partial charge is 0.156 e. The molecule has 0 heterocycles. The highest BCUT2D eigenvalue weighted by molar-refractivity contribution is 6.31. The molecule has 0 saturated carbocycles. The summed E-state index contributed by atoms with van der Waals surface area (Å²) in [6, 6.07) is 7.76. The van der Waals surface area contributed by atoms with E-state index in [2.05, 4.69) is 0 Å². The number of Topliss-reactive ketones (excluding diaryl/α,β-unsaturated/α-hetero) is 1. The molecule has 0 aliphatic heterocycles. The van der Waals surface area contributed by atoms with Crippen LogP contribution in [-0.4, -0.2) is 17.3 Å². The molecule has 0 N–H and O–H groups in total. The molecule has 0 saturated heterocycles. The fourth-order valence-electron chi connectivity index (χ4n) is 1.75. The summed E-state index contributed by atoms with van der Waals surface area (Å²) in [4.78, 5) is 12.0. The quantitative estimate of drug-likeness (QED) is 0.755. The number of ketones is 1. The zero-order chi connectivity index (χ0) is 14.6. The summed E-state index contributed by atoms with van der Waals surface area (Å²) >= 11 is 6.19. The molecule has 1 atom stereocenters. The lowest BCUT2D eigenvalue weighted by Gasteiger charge is -2.20. The SMILES string of the molecule is CC(C)Oc1ccc(CC(Cl)C(=O)C(C)(C)C)cc1. The number of carbonyl (C=O) groups excluding carboxylic acids is 1. The minimum atomic E-state index is -0.475. The maximum atomic E-state index is 12.0. The first kappa shape index (κ1) is 16.0. The summed E-state index contributed by atoms with van der Waals surface area (Å²) in [5.41, 5.74) is 0.654. The molecule has 0 aromatic heterocycles. The Morgan fingerprint density at radius 2 is 1.74 bits per heavy atom. The molecular formula is C16H23ClO2. The van der Waals surface area contributed by atoms with E-state index in [0.29, 0.717) is 6.42 Å². The van der Waals surface area contributed by atoms with E-state index in [0.717, 1.165) is 11.3 Å². The number of rotatable bonds is 5. The van der Waals surface area contributed by atoms with Crippen molar-refractivity contribution in [1.29, 1.82) is 0 Å². The summed E-state index contributed by atoms with van der Waals surface area (Å²) < 4.78 is 5.58. The van der Waals surface area contributed by atoms with E-state index < -0.39 is 10.8 Å². The van der Waals surface area contributed by atoms with Gasteiger partial charge in [0.05, 0.1) is 11.5 Å². The highest BCUT2D eigenvalue weighted by Crippen LogP contribution is 2.23. The van der Waals surface area contributed by atoms with Gasteiger partial charge >= 0.3 is 0 Å². The number of halogens is 1. The summed E-state index contributed by atoms with van der Waals surface area (Å²) in [6.07, 6.45) is 0.716. The van der Waals surface area contributed by atoms with Crippen molar-refractivity contribution >= 4 is 17.4 Å². The minimum absolute atomic E-state index is 0.0803. The van der Waals surface area contributed by atoms with Crippen molar-refractivity contribution in [1.82, 2.24) is 0 Å². The predicted molar refractivity (Wildman–Crippen MR) is 80.0 cm³/mol. The Morgan fingerprint density at radius 3 is 2.16 bits per heavy atom. The number of carbonyl (C=O) groups is 1. The molecule has 0 radical (unpaired) electrons. The van der Waals surface area contributed by atoms with Crippen molar-refractivity contribution in [3.05, 3.63) is 29.8 Å². The van der Waals surface area contributed by atoms with E-state index in [-0.39, 0.29) is 11.9 Å². The lowest BCUT2D eigenvalue weighted by atomic mass is 9.87. The molecular weight excluding hydrogens is 260 g/mol. The second-order valence-electron chi connectivity index (χ2n) is 6.10. The van der Waals surface area contributed by atoms with Crippen LogP contribution in [-0.2, 0) is 11.2 Å². The molecule has 19 heavy (non-hydrogen) atoms. The normalized spacial score (nSPS) is 13.4. The van der Waals surface area contributed by atoms with Crippen LogP contribution in [0.15, 0.2) is 24.3 Å². The molecule has 0 aliphatic carbocycles. The lowest BCUT2D eigenvalue weighted by molar-refractivity contribution is -0.125. The zero-order valence-corrected chi connectivity index (χ0v) is 13.1. The predicted octanol–water partition coefficient (Wildman–Crippen LogP) is 4.24. The Labute approximate surface area is 121 Å². The average Bonchev–Trinajstić information content (AvgIpc) is 2.28. The van der Waals surface area contributed by atoms with E-state index in [9.17, 15) is 4.79 Å². The van der Waals surface area contributed by atoms with Crippen molar-refractivity contribution in [2.24, 2.45) is 5.41 Å². The van der Waals surface area contributed by atoms with Gasteiger partial charge in [-0.05, 0) is 38.0 Å². The van der Waals surface area contributed by atoms with Gasteiger partial charge in [-0.15, -0.1) is 11.6 Å². The van der Waals surface area contributed by atoms with Gasteiger partial charge < -0.3 is 4.74 Å². The summed E-state index contributed by atoms with van der Waals surface area (Å²) in [7, 11) is 0. The van der Waals surface area contributed by atoms with Gasteiger partial charge in [0.2, 0.25) is 0 Å². The van der Waals surface area contributed by atoms with Crippen LogP contribution in [0.4, 0.5) is 0 Å². The van der Waals surface area contributed by atoms with E-state index in [4.69, 9.17) is 16.3 Å². The largest absolute Gasteiger partial charge is 0.491 e. The Balaban J connectivity index is 2.65. The van der Waals surface area contributed by atoms with Crippen LogP contribution < -0.4 is 4.74 Å². The number of hydrogen-bond acceptors (Lipinski definition) is 2. The Bertz CT molecular complexity index is 415. The Morgan fingerprint density at radius 1 is 1.21 bits per heavy atom. The first-order valence-electron chi connectivity index (χ1n) is 6.64. The average molecular weight is 283 g/mol. The van der Waals surface area contributed by atoms with Gasteiger partial charge in [0.1, 0.15) is 5.75 Å². The molecule has 106 valence electrons. The second-order valence-corrected chi connectivity index (χ2v) is 6.62. The van der Waals surface area contributed by atoms with E-state index in [1.807, 2.05) is 58.9 Å². The van der Waals surface area contributed by atoms with Crippen LogP contribution in [0.25, 0.3) is 0 Å². The van der Waals surface area contributed by atoms with Crippen molar-refractivity contribution in [2.45, 2.75) is 52.5 Å². The van der Waals surface area contributed by atoms with Crippen LogP contribution in [0.5, 0.6) is 5.75 Å². The molecule has 0 aliphatic rings. The maximum absolute atomic E-state index is 12.0. The molecule has 1 aromatic rings. The van der Waals surface area contributed by atoms with Gasteiger partial charge in [-0.2, -0.15) is 0 Å². The van der Waals surface area contributed by atoms with Gasteiger partial charge in [0, 0.05) is 5.41 Å². The molecule has 1 aromatic carbocycles. The molecule has 1 rings (SSSR count). The third kappa shape index (κ3) is 5.23. The maximum Gasteiger partial charge on any atom is 0.156 e. The monoisotopic (exact) mass is 282 g/mol. The molecule has 1 unspecified atom stereocenters. The topological polar surface area (TPSA) is 26.3 Å². The first-order chi connectivity index (χ1) is 8.70. The van der Waals surface area contributed by atoms with Crippen LogP contribution in [0, 0.1) is 5.41 Å². The fourth-order valence-corrected chi connectivity index (χ4v) is 2.25. The molecule has 0 spiro atoms. The second kappa shape index (κ2) is 6.42. The molecule has 2 nitrogen and oxygen atoms in total. The summed E-state index contributed by atoms with van der Waals surface area (Å²) in [5, 5.41) is -0.475. The number of alkyl halides is 1. The van der Waals surface area contributed by atoms with Crippen molar-refractivity contribution in [2.75, 3.05) is 0 Å².